The Morgan fingerprint density at radius 3 is 2.84 bits per heavy atom. The molecule has 0 saturated heterocycles. The van der Waals surface area contributed by atoms with Gasteiger partial charge in [0, 0.05) is 11.4 Å². The molecule has 1 amide bonds. The number of methoxy groups -OCH3 is 1. The molecule has 104 valence electrons. The molecular formula is C12H15ClN2O3S. The van der Waals surface area contributed by atoms with E-state index in [0.29, 0.717) is 28.6 Å². The van der Waals surface area contributed by atoms with Gasteiger partial charge < -0.3 is 15.8 Å². The number of nitrogen functional groups attached to an aromatic ring is 1. The zero-order valence-corrected chi connectivity index (χ0v) is 12.0. The summed E-state index contributed by atoms with van der Waals surface area (Å²) in [4.78, 5) is 22.5. The van der Waals surface area contributed by atoms with Crippen LogP contribution in [0.15, 0.2) is 18.2 Å². The number of nitrogens with two attached hydrogens (primary N) is 1. The van der Waals surface area contributed by atoms with Crippen molar-refractivity contribution in [3.63, 3.8) is 0 Å². The first-order chi connectivity index (χ1) is 9.02. The number of hydrogen-bond acceptors (Lipinski definition) is 5. The number of carbonyl (C=O) groups excluding carboxylic acids is 2. The predicted octanol–water partition coefficient (Wildman–Crippen LogP) is 2.16. The minimum Gasteiger partial charge on any atom is -0.469 e. The second-order valence-electron chi connectivity index (χ2n) is 3.66. The quantitative estimate of drug-likeness (QED) is 0.478. The van der Waals surface area contributed by atoms with E-state index >= 15 is 0 Å². The molecule has 0 heterocycles. The summed E-state index contributed by atoms with van der Waals surface area (Å²) in [5.74, 6) is 0.373. The molecule has 0 fully saturated rings. The maximum absolute atomic E-state index is 11.6. The van der Waals surface area contributed by atoms with E-state index in [9.17, 15) is 9.59 Å². The molecule has 0 bridgehead atoms. The molecule has 3 N–H and O–H groups in total. The molecule has 0 spiro atoms. The molecule has 7 heteroatoms. The minimum absolute atomic E-state index is 0.156. The van der Waals surface area contributed by atoms with Crippen molar-refractivity contribution in [3.05, 3.63) is 23.2 Å². The predicted molar refractivity (Wildman–Crippen MR) is 78.5 cm³/mol. The summed E-state index contributed by atoms with van der Waals surface area (Å²) in [5, 5.41) is 3.15. The second kappa shape index (κ2) is 7.91. The SMILES string of the molecule is COC(=O)CCSCC(=O)Nc1ccc(Cl)c(N)c1. The smallest absolute Gasteiger partial charge is 0.306 e. The lowest BCUT2D eigenvalue weighted by atomic mass is 10.3. The van der Waals surface area contributed by atoms with Gasteiger partial charge in [-0.2, -0.15) is 11.8 Å². The van der Waals surface area contributed by atoms with Crippen LogP contribution >= 0.6 is 23.4 Å². The van der Waals surface area contributed by atoms with Crippen molar-refractivity contribution in [2.45, 2.75) is 6.42 Å². The van der Waals surface area contributed by atoms with Crippen LogP contribution in [0.5, 0.6) is 0 Å². The van der Waals surface area contributed by atoms with Crippen molar-refractivity contribution in [1.82, 2.24) is 0 Å². The monoisotopic (exact) mass is 302 g/mol. The fourth-order valence-electron chi connectivity index (χ4n) is 1.24. The summed E-state index contributed by atoms with van der Waals surface area (Å²) in [7, 11) is 1.34. The highest BCUT2D eigenvalue weighted by atomic mass is 35.5. The number of thioether (sulfide) groups is 1. The maximum atomic E-state index is 11.6. The fourth-order valence-corrected chi connectivity index (χ4v) is 2.07. The first-order valence-electron chi connectivity index (χ1n) is 5.52. The highest BCUT2D eigenvalue weighted by Gasteiger charge is 2.06. The number of nitrogens with one attached hydrogen (secondary N) is 1. The molecule has 0 radical (unpaired) electrons. The lowest BCUT2D eigenvalue weighted by molar-refractivity contribution is -0.140. The Balaban J connectivity index is 2.31. The Morgan fingerprint density at radius 2 is 2.21 bits per heavy atom. The van der Waals surface area contributed by atoms with Crippen LogP contribution in [-0.4, -0.2) is 30.5 Å². The molecule has 1 rings (SSSR count). The molecule has 5 nitrogen and oxygen atoms in total. The highest BCUT2D eigenvalue weighted by Crippen LogP contribution is 2.22. The summed E-state index contributed by atoms with van der Waals surface area (Å²) in [6, 6.07) is 4.89. The van der Waals surface area contributed by atoms with Crippen molar-refractivity contribution in [1.29, 1.82) is 0 Å². The van der Waals surface area contributed by atoms with Gasteiger partial charge in [0.05, 0.1) is 30.0 Å². The van der Waals surface area contributed by atoms with Crippen LogP contribution in [0.4, 0.5) is 11.4 Å². The van der Waals surface area contributed by atoms with Gasteiger partial charge in [0.1, 0.15) is 0 Å². The third kappa shape index (κ3) is 5.85. The molecule has 0 aliphatic rings. The average Bonchev–Trinajstić information content (AvgIpc) is 2.38. The highest BCUT2D eigenvalue weighted by molar-refractivity contribution is 7.99. The average molecular weight is 303 g/mol. The molecule has 0 aromatic heterocycles. The molecule has 0 aliphatic heterocycles. The molecular weight excluding hydrogens is 288 g/mol. The summed E-state index contributed by atoms with van der Waals surface area (Å²) in [6.45, 7) is 0. The third-order valence-corrected chi connectivity index (χ3v) is 3.49. The van der Waals surface area contributed by atoms with Gasteiger partial charge in [-0.1, -0.05) is 11.6 Å². The van der Waals surface area contributed by atoms with Crippen LogP contribution < -0.4 is 11.1 Å². The lowest BCUT2D eigenvalue weighted by Crippen LogP contribution is -2.15. The fraction of sp³-hybridized carbons (Fsp3) is 0.333. The maximum Gasteiger partial charge on any atom is 0.306 e. The number of rotatable bonds is 6. The second-order valence-corrected chi connectivity index (χ2v) is 5.18. The number of amides is 1. The van der Waals surface area contributed by atoms with Crippen LogP contribution in [0.3, 0.4) is 0 Å². The first-order valence-corrected chi connectivity index (χ1v) is 7.05. The summed E-state index contributed by atoms with van der Waals surface area (Å²) in [5.41, 5.74) is 6.64. The third-order valence-electron chi connectivity index (χ3n) is 2.19. The van der Waals surface area contributed by atoms with Crippen LogP contribution in [0.25, 0.3) is 0 Å². The molecule has 1 aromatic carbocycles. The van der Waals surface area contributed by atoms with Gasteiger partial charge in [-0.15, -0.1) is 0 Å². The molecule has 0 unspecified atom stereocenters. The first kappa shape index (κ1) is 15.7. The molecule has 0 aliphatic carbocycles. The van der Waals surface area contributed by atoms with Crippen molar-refractivity contribution in [2.24, 2.45) is 0 Å². The molecule has 19 heavy (non-hydrogen) atoms. The number of halogens is 1. The Bertz CT molecular complexity index is 468. The van der Waals surface area contributed by atoms with E-state index in [1.165, 1.54) is 18.9 Å². The summed E-state index contributed by atoms with van der Waals surface area (Å²) in [6.07, 6.45) is 0.294. The Kier molecular flexibility index (Phi) is 6.52. The number of benzene rings is 1. The number of ether oxygens (including phenoxy) is 1. The van der Waals surface area contributed by atoms with E-state index in [-0.39, 0.29) is 17.6 Å². The van der Waals surface area contributed by atoms with Crippen molar-refractivity contribution >= 4 is 46.6 Å². The zero-order valence-electron chi connectivity index (χ0n) is 10.4. The molecule has 1 aromatic rings. The van der Waals surface area contributed by atoms with E-state index in [1.54, 1.807) is 18.2 Å². The normalized spacial score (nSPS) is 10.0. The minimum atomic E-state index is -0.279. The Labute approximate surface area is 120 Å². The van der Waals surface area contributed by atoms with Crippen LogP contribution in [0.2, 0.25) is 5.02 Å². The van der Waals surface area contributed by atoms with Crippen molar-refractivity contribution in [2.75, 3.05) is 29.7 Å². The molecule has 0 atom stereocenters. The van der Waals surface area contributed by atoms with Crippen molar-refractivity contribution in [3.8, 4) is 0 Å². The van der Waals surface area contributed by atoms with Crippen LogP contribution in [-0.2, 0) is 14.3 Å². The number of esters is 1. The van der Waals surface area contributed by atoms with Gasteiger partial charge in [0.2, 0.25) is 5.91 Å². The number of carbonyl (C=O) groups is 2. The number of anilines is 2. The van der Waals surface area contributed by atoms with E-state index in [0.717, 1.165) is 0 Å². The van der Waals surface area contributed by atoms with Gasteiger partial charge in [0.15, 0.2) is 0 Å². The standard InChI is InChI=1S/C12H15ClN2O3S/c1-18-12(17)4-5-19-7-11(16)15-8-2-3-9(13)10(14)6-8/h2-3,6H,4-5,7,14H2,1H3,(H,15,16). The van der Waals surface area contributed by atoms with E-state index < -0.39 is 0 Å². The van der Waals surface area contributed by atoms with Gasteiger partial charge in [-0.3, -0.25) is 9.59 Å². The van der Waals surface area contributed by atoms with E-state index in [1.807, 2.05) is 0 Å². The topological polar surface area (TPSA) is 81.4 Å². The summed E-state index contributed by atoms with van der Waals surface area (Å²) >= 11 is 7.14. The Hall–Kier alpha value is -1.40. The van der Waals surface area contributed by atoms with Crippen LogP contribution in [0, 0.1) is 0 Å². The summed E-state index contributed by atoms with van der Waals surface area (Å²) < 4.78 is 4.50. The van der Waals surface area contributed by atoms with Gasteiger partial charge >= 0.3 is 5.97 Å². The number of hydrogen-bond donors (Lipinski definition) is 2. The van der Waals surface area contributed by atoms with Gasteiger partial charge in [0.25, 0.3) is 0 Å². The lowest BCUT2D eigenvalue weighted by Gasteiger charge is -2.06. The molecule has 0 saturated carbocycles. The van der Waals surface area contributed by atoms with Crippen molar-refractivity contribution < 1.29 is 14.3 Å². The van der Waals surface area contributed by atoms with Gasteiger partial charge in [-0.05, 0) is 18.2 Å². The van der Waals surface area contributed by atoms with Gasteiger partial charge in [-0.25, -0.2) is 0 Å². The largest absolute Gasteiger partial charge is 0.469 e. The Morgan fingerprint density at radius 1 is 1.47 bits per heavy atom. The van der Waals surface area contributed by atoms with E-state index in [2.05, 4.69) is 10.1 Å². The van der Waals surface area contributed by atoms with E-state index in [4.69, 9.17) is 17.3 Å². The zero-order chi connectivity index (χ0) is 14.3. The van der Waals surface area contributed by atoms with Crippen LogP contribution in [0.1, 0.15) is 6.42 Å².